The predicted octanol–water partition coefficient (Wildman–Crippen LogP) is 3.05. The summed E-state index contributed by atoms with van der Waals surface area (Å²) in [7, 11) is 0. The zero-order valence-corrected chi connectivity index (χ0v) is 16.5. The van der Waals surface area contributed by atoms with E-state index in [-0.39, 0.29) is 11.7 Å². The van der Waals surface area contributed by atoms with E-state index in [4.69, 9.17) is 23.2 Å². The van der Waals surface area contributed by atoms with Gasteiger partial charge in [0, 0.05) is 6.54 Å². The summed E-state index contributed by atoms with van der Waals surface area (Å²) in [5.41, 5.74) is -0.328. The average molecular weight is 453 g/mol. The van der Waals surface area contributed by atoms with Crippen LogP contribution in [-0.4, -0.2) is 46.4 Å². The quantitative estimate of drug-likeness (QED) is 0.696. The number of nitrogens with one attached hydrogen (secondary N) is 1. The van der Waals surface area contributed by atoms with Gasteiger partial charge in [-0.05, 0) is 43.4 Å². The SMILES string of the molecule is O=C(NC(=O)[C@@H]1CCCN1C(=O)C1(c2ccc(OC(F)(F)F)cc2)CC1)C(Cl)Cl. The second kappa shape index (κ2) is 8.02. The average Bonchev–Trinajstić information content (AvgIpc) is 3.29. The molecule has 1 aliphatic carbocycles. The lowest BCUT2D eigenvalue weighted by Crippen LogP contribution is -2.51. The van der Waals surface area contributed by atoms with Gasteiger partial charge in [-0.25, -0.2) is 0 Å². The van der Waals surface area contributed by atoms with E-state index in [9.17, 15) is 27.6 Å². The van der Waals surface area contributed by atoms with Gasteiger partial charge in [0.25, 0.3) is 5.91 Å². The van der Waals surface area contributed by atoms with E-state index in [2.05, 4.69) is 10.1 Å². The molecule has 1 aliphatic heterocycles. The number of imide groups is 1. The fourth-order valence-electron chi connectivity index (χ4n) is 3.54. The largest absolute Gasteiger partial charge is 0.573 e. The van der Waals surface area contributed by atoms with Crippen molar-refractivity contribution >= 4 is 40.9 Å². The van der Waals surface area contributed by atoms with Crippen molar-refractivity contribution in [3.8, 4) is 5.75 Å². The van der Waals surface area contributed by atoms with Crippen LogP contribution in [0.1, 0.15) is 31.2 Å². The van der Waals surface area contributed by atoms with Crippen LogP contribution in [0.5, 0.6) is 5.75 Å². The summed E-state index contributed by atoms with van der Waals surface area (Å²) < 4.78 is 40.8. The number of benzene rings is 1. The Labute approximate surface area is 174 Å². The second-order valence-electron chi connectivity index (χ2n) is 6.97. The summed E-state index contributed by atoms with van der Waals surface area (Å²) in [5.74, 6) is -2.19. The van der Waals surface area contributed by atoms with Crippen LogP contribution >= 0.6 is 23.2 Å². The topological polar surface area (TPSA) is 75.7 Å². The molecule has 0 radical (unpaired) electrons. The number of ether oxygens (including phenoxy) is 1. The third-order valence-electron chi connectivity index (χ3n) is 5.06. The summed E-state index contributed by atoms with van der Waals surface area (Å²) in [5, 5.41) is 2.09. The molecule has 29 heavy (non-hydrogen) atoms. The Kier molecular flexibility index (Phi) is 6.01. The minimum atomic E-state index is -4.80. The molecule has 0 unspecified atom stereocenters. The number of alkyl halides is 5. The number of rotatable bonds is 5. The highest BCUT2D eigenvalue weighted by atomic mass is 35.5. The highest BCUT2D eigenvalue weighted by molar-refractivity contribution is 6.54. The molecule has 2 fully saturated rings. The number of amides is 3. The minimum Gasteiger partial charge on any atom is -0.406 e. The van der Waals surface area contributed by atoms with Crippen molar-refractivity contribution in [1.29, 1.82) is 0 Å². The van der Waals surface area contributed by atoms with Crippen molar-refractivity contribution in [2.24, 2.45) is 0 Å². The molecule has 0 bridgehead atoms. The molecule has 1 atom stereocenters. The van der Waals surface area contributed by atoms with Gasteiger partial charge in [0.2, 0.25) is 11.8 Å². The Morgan fingerprint density at radius 2 is 1.79 bits per heavy atom. The van der Waals surface area contributed by atoms with Crippen LogP contribution in [0.2, 0.25) is 0 Å². The Bertz CT molecular complexity index is 810. The first-order valence-electron chi connectivity index (χ1n) is 8.84. The number of nitrogens with zero attached hydrogens (tertiary/aromatic N) is 1. The predicted molar refractivity (Wildman–Crippen MR) is 97.4 cm³/mol. The Morgan fingerprint density at radius 1 is 1.17 bits per heavy atom. The molecule has 1 aromatic carbocycles. The molecule has 0 aromatic heterocycles. The smallest absolute Gasteiger partial charge is 0.406 e. The lowest BCUT2D eigenvalue weighted by atomic mass is 9.93. The van der Waals surface area contributed by atoms with Gasteiger partial charge >= 0.3 is 6.36 Å². The van der Waals surface area contributed by atoms with E-state index < -0.39 is 34.5 Å². The summed E-state index contributed by atoms with van der Waals surface area (Å²) in [4.78, 5) is 37.1. The van der Waals surface area contributed by atoms with Crippen molar-refractivity contribution in [2.45, 2.75) is 48.3 Å². The monoisotopic (exact) mass is 452 g/mol. The molecule has 1 N–H and O–H groups in total. The van der Waals surface area contributed by atoms with Gasteiger partial charge in [0.15, 0.2) is 4.84 Å². The van der Waals surface area contributed by atoms with E-state index >= 15 is 0 Å². The first-order valence-corrected chi connectivity index (χ1v) is 9.71. The lowest BCUT2D eigenvalue weighted by molar-refractivity contribution is -0.274. The number of halogens is 5. The first kappa shape index (κ1) is 21.7. The van der Waals surface area contributed by atoms with Crippen LogP contribution in [0.4, 0.5) is 13.2 Å². The van der Waals surface area contributed by atoms with E-state index in [0.29, 0.717) is 37.8 Å². The molecule has 1 saturated carbocycles. The van der Waals surface area contributed by atoms with Gasteiger partial charge in [-0.1, -0.05) is 35.3 Å². The van der Waals surface area contributed by atoms with Gasteiger partial charge in [-0.2, -0.15) is 0 Å². The molecule has 2 aliphatic rings. The van der Waals surface area contributed by atoms with Crippen LogP contribution in [0, 0.1) is 0 Å². The van der Waals surface area contributed by atoms with Crippen LogP contribution < -0.4 is 10.1 Å². The summed E-state index contributed by atoms with van der Waals surface area (Å²) in [6.45, 7) is 0.341. The van der Waals surface area contributed by atoms with Gasteiger partial charge in [0.05, 0.1) is 5.41 Å². The first-order chi connectivity index (χ1) is 13.5. The van der Waals surface area contributed by atoms with Crippen molar-refractivity contribution < 1.29 is 32.3 Å². The molecule has 3 amide bonds. The maximum atomic E-state index is 13.2. The maximum Gasteiger partial charge on any atom is 0.573 e. The number of hydrogen-bond acceptors (Lipinski definition) is 4. The molecular formula is C18H17Cl2F3N2O4. The number of likely N-dealkylation sites (tertiary alicyclic amines) is 1. The molecule has 158 valence electrons. The van der Waals surface area contributed by atoms with Crippen molar-refractivity contribution in [3.05, 3.63) is 29.8 Å². The fraction of sp³-hybridized carbons (Fsp3) is 0.500. The van der Waals surface area contributed by atoms with Crippen LogP contribution in [0.25, 0.3) is 0 Å². The van der Waals surface area contributed by atoms with E-state index in [0.717, 1.165) is 12.1 Å². The van der Waals surface area contributed by atoms with Crippen molar-refractivity contribution in [3.63, 3.8) is 0 Å². The molecule has 11 heteroatoms. The van der Waals surface area contributed by atoms with Gasteiger partial charge < -0.3 is 9.64 Å². The third-order valence-corrected chi connectivity index (χ3v) is 5.46. The molecule has 6 nitrogen and oxygen atoms in total. The standard InChI is InChI=1S/C18H17Cl2F3N2O4/c19-13(20)15(27)24-14(26)12-2-1-9-25(12)16(28)17(7-8-17)10-3-5-11(6-4-10)29-18(21,22)23/h3-6,12-13H,1-2,7-9H2,(H,24,26,27)/t12-/m0/s1. The van der Waals surface area contributed by atoms with Crippen molar-refractivity contribution in [2.75, 3.05) is 6.54 Å². The second-order valence-corrected chi connectivity index (χ2v) is 8.06. The molecule has 0 spiro atoms. The highest BCUT2D eigenvalue weighted by Gasteiger charge is 2.55. The van der Waals surface area contributed by atoms with Crippen LogP contribution in [0.3, 0.4) is 0 Å². The third kappa shape index (κ3) is 4.78. The van der Waals surface area contributed by atoms with Crippen molar-refractivity contribution in [1.82, 2.24) is 10.2 Å². The zero-order chi connectivity index (χ0) is 21.4. The van der Waals surface area contributed by atoms with Crippen LogP contribution in [0.15, 0.2) is 24.3 Å². The summed E-state index contributed by atoms with van der Waals surface area (Å²) >= 11 is 10.9. The van der Waals surface area contributed by atoms with Gasteiger partial charge in [-0.15, -0.1) is 13.2 Å². The molecule has 1 saturated heterocycles. The Morgan fingerprint density at radius 3 is 2.31 bits per heavy atom. The highest BCUT2D eigenvalue weighted by Crippen LogP contribution is 2.50. The number of hydrogen-bond donors (Lipinski definition) is 1. The molecule has 3 rings (SSSR count). The maximum absolute atomic E-state index is 13.2. The zero-order valence-electron chi connectivity index (χ0n) is 15.0. The molecule has 1 heterocycles. The normalized spacial score (nSPS) is 20.5. The van der Waals surface area contributed by atoms with E-state index in [1.165, 1.54) is 17.0 Å². The fourth-order valence-corrected chi connectivity index (χ4v) is 3.65. The summed E-state index contributed by atoms with van der Waals surface area (Å²) in [6, 6.07) is 4.33. The Balaban J connectivity index is 1.73. The van der Waals surface area contributed by atoms with E-state index in [1.807, 2.05) is 0 Å². The van der Waals surface area contributed by atoms with Gasteiger partial charge in [-0.3, -0.25) is 19.7 Å². The van der Waals surface area contributed by atoms with E-state index in [1.54, 1.807) is 0 Å². The summed E-state index contributed by atoms with van der Waals surface area (Å²) in [6.07, 6.45) is -2.81. The Hall–Kier alpha value is -2.00. The molecule has 1 aromatic rings. The number of carbonyl (C=O) groups excluding carboxylic acids is 3. The minimum absolute atomic E-state index is 0.291. The molecular weight excluding hydrogens is 436 g/mol. The lowest BCUT2D eigenvalue weighted by Gasteiger charge is -2.28. The number of carbonyl (C=O) groups is 3. The van der Waals surface area contributed by atoms with Gasteiger partial charge in [0.1, 0.15) is 11.8 Å². The van der Waals surface area contributed by atoms with Crippen LogP contribution in [-0.2, 0) is 19.8 Å².